The Kier molecular flexibility index (Phi) is 4.54. The molecule has 2 rings (SSSR count). The van der Waals surface area contributed by atoms with Crippen molar-refractivity contribution < 1.29 is 14.4 Å². The van der Waals surface area contributed by atoms with Crippen LogP contribution in [0.1, 0.15) is 18.4 Å². The molecule has 1 aromatic rings. The van der Waals surface area contributed by atoms with Crippen molar-refractivity contribution in [3.8, 4) is 5.75 Å². The van der Waals surface area contributed by atoms with Gasteiger partial charge >= 0.3 is 0 Å². The molecule has 0 saturated carbocycles. The summed E-state index contributed by atoms with van der Waals surface area (Å²) in [6.07, 6.45) is 1.86. The van der Waals surface area contributed by atoms with Gasteiger partial charge < -0.3 is 9.47 Å². The molecule has 0 aliphatic carbocycles. The van der Waals surface area contributed by atoms with Gasteiger partial charge in [-0.3, -0.25) is 10.1 Å². The second-order valence-corrected chi connectivity index (χ2v) is 4.67. The van der Waals surface area contributed by atoms with Gasteiger partial charge in [0, 0.05) is 35.9 Å². The van der Waals surface area contributed by atoms with Crippen molar-refractivity contribution in [3.05, 3.63) is 33.9 Å². The molecule has 1 aliphatic heterocycles. The molecule has 1 aliphatic rings. The van der Waals surface area contributed by atoms with E-state index in [-0.39, 0.29) is 11.8 Å². The summed E-state index contributed by atoms with van der Waals surface area (Å²) in [5.74, 6) is 0.712. The largest absolute Gasteiger partial charge is 0.490 e. The van der Waals surface area contributed by atoms with Gasteiger partial charge in [-0.05, 0) is 6.07 Å². The Morgan fingerprint density at radius 1 is 1.44 bits per heavy atom. The molecular weight excluding hydrogens is 302 g/mol. The van der Waals surface area contributed by atoms with Crippen molar-refractivity contribution >= 4 is 21.6 Å². The van der Waals surface area contributed by atoms with Gasteiger partial charge in [0.2, 0.25) is 0 Å². The third-order valence-corrected chi connectivity index (χ3v) is 3.46. The quantitative estimate of drug-likeness (QED) is 0.486. The van der Waals surface area contributed by atoms with E-state index in [4.69, 9.17) is 9.47 Å². The van der Waals surface area contributed by atoms with Crippen molar-refractivity contribution in [2.24, 2.45) is 0 Å². The van der Waals surface area contributed by atoms with E-state index < -0.39 is 4.92 Å². The first-order valence-electron chi connectivity index (χ1n) is 5.78. The Bertz CT molecular complexity index is 432. The van der Waals surface area contributed by atoms with Crippen molar-refractivity contribution in [1.29, 1.82) is 0 Å². The van der Waals surface area contributed by atoms with Crippen LogP contribution < -0.4 is 4.74 Å². The van der Waals surface area contributed by atoms with Gasteiger partial charge in [0.05, 0.1) is 18.1 Å². The van der Waals surface area contributed by atoms with Gasteiger partial charge in [-0.25, -0.2) is 0 Å². The normalized spacial score (nSPS) is 16.5. The van der Waals surface area contributed by atoms with E-state index in [2.05, 4.69) is 15.9 Å². The van der Waals surface area contributed by atoms with Crippen LogP contribution >= 0.6 is 15.9 Å². The molecule has 6 heteroatoms. The third-order valence-electron chi connectivity index (χ3n) is 2.86. The predicted molar refractivity (Wildman–Crippen MR) is 70.2 cm³/mol. The lowest BCUT2D eigenvalue weighted by molar-refractivity contribution is -0.384. The Hall–Kier alpha value is -1.14. The number of nitrogens with zero attached hydrogens (tertiary/aromatic N) is 1. The average molecular weight is 316 g/mol. The number of rotatable bonds is 4. The molecule has 1 fully saturated rings. The van der Waals surface area contributed by atoms with E-state index >= 15 is 0 Å². The number of non-ortho nitro benzene ring substituents is 1. The summed E-state index contributed by atoms with van der Waals surface area (Å²) in [5.41, 5.74) is 0.888. The van der Waals surface area contributed by atoms with Gasteiger partial charge in [-0.15, -0.1) is 0 Å². The first-order chi connectivity index (χ1) is 8.70. The number of halogens is 1. The molecule has 0 radical (unpaired) electrons. The van der Waals surface area contributed by atoms with E-state index in [0.717, 1.165) is 18.4 Å². The molecule has 0 N–H and O–H groups in total. The second-order valence-electron chi connectivity index (χ2n) is 4.11. The van der Waals surface area contributed by atoms with Crippen LogP contribution in [0.5, 0.6) is 5.75 Å². The number of nitro groups is 1. The fourth-order valence-electron chi connectivity index (χ4n) is 1.87. The van der Waals surface area contributed by atoms with E-state index in [0.29, 0.717) is 24.3 Å². The molecule has 1 heterocycles. The highest BCUT2D eigenvalue weighted by molar-refractivity contribution is 9.08. The number of ether oxygens (including phenoxy) is 2. The van der Waals surface area contributed by atoms with Crippen LogP contribution in [0.4, 0.5) is 5.69 Å². The van der Waals surface area contributed by atoms with Crippen LogP contribution in [0.15, 0.2) is 18.2 Å². The fourth-order valence-corrected chi connectivity index (χ4v) is 2.31. The van der Waals surface area contributed by atoms with Crippen LogP contribution in [0.25, 0.3) is 0 Å². The minimum Gasteiger partial charge on any atom is -0.490 e. The van der Waals surface area contributed by atoms with Crippen molar-refractivity contribution in [2.45, 2.75) is 24.3 Å². The summed E-state index contributed by atoms with van der Waals surface area (Å²) in [5, 5.41) is 11.2. The number of benzene rings is 1. The molecule has 0 atom stereocenters. The maximum Gasteiger partial charge on any atom is 0.270 e. The van der Waals surface area contributed by atoms with Gasteiger partial charge in [-0.2, -0.15) is 0 Å². The highest BCUT2D eigenvalue weighted by atomic mass is 79.9. The van der Waals surface area contributed by atoms with Crippen LogP contribution in [0, 0.1) is 10.1 Å². The lowest BCUT2D eigenvalue weighted by Gasteiger charge is -2.24. The summed E-state index contributed by atoms with van der Waals surface area (Å²) in [4.78, 5) is 10.3. The van der Waals surface area contributed by atoms with Crippen LogP contribution in [0.2, 0.25) is 0 Å². The highest BCUT2D eigenvalue weighted by Crippen LogP contribution is 2.28. The summed E-state index contributed by atoms with van der Waals surface area (Å²) < 4.78 is 11.1. The number of nitro benzene ring substituents is 1. The maximum atomic E-state index is 10.7. The van der Waals surface area contributed by atoms with E-state index in [1.807, 2.05) is 0 Å². The summed E-state index contributed by atoms with van der Waals surface area (Å²) in [7, 11) is 0. The first-order valence-corrected chi connectivity index (χ1v) is 6.90. The molecule has 0 amide bonds. The third kappa shape index (κ3) is 3.20. The van der Waals surface area contributed by atoms with E-state index in [9.17, 15) is 10.1 Å². The summed E-state index contributed by atoms with van der Waals surface area (Å²) in [6.45, 7) is 1.42. The second kappa shape index (κ2) is 6.15. The molecule has 5 nitrogen and oxygen atoms in total. The van der Waals surface area contributed by atoms with Gasteiger partial charge in [0.15, 0.2) is 0 Å². The molecule has 0 unspecified atom stereocenters. The smallest absolute Gasteiger partial charge is 0.270 e. The molecule has 98 valence electrons. The van der Waals surface area contributed by atoms with Crippen LogP contribution in [0.3, 0.4) is 0 Å². The van der Waals surface area contributed by atoms with Crippen molar-refractivity contribution in [1.82, 2.24) is 0 Å². The van der Waals surface area contributed by atoms with Gasteiger partial charge in [0.25, 0.3) is 5.69 Å². The fraction of sp³-hybridized carbons (Fsp3) is 0.500. The highest BCUT2D eigenvalue weighted by Gasteiger charge is 2.18. The van der Waals surface area contributed by atoms with Crippen molar-refractivity contribution in [3.63, 3.8) is 0 Å². The van der Waals surface area contributed by atoms with E-state index in [1.165, 1.54) is 6.07 Å². The molecule has 0 bridgehead atoms. The minimum absolute atomic E-state index is 0.0868. The molecule has 1 saturated heterocycles. The zero-order chi connectivity index (χ0) is 13.0. The lowest BCUT2D eigenvalue weighted by atomic mass is 10.1. The maximum absolute atomic E-state index is 10.7. The number of hydrogen-bond donors (Lipinski definition) is 0. The molecule has 18 heavy (non-hydrogen) atoms. The number of alkyl halides is 1. The average Bonchev–Trinajstić information content (AvgIpc) is 2.40. The zero-order valence-corrected chi connectivity index (χ0v) is 11.4. The number of hydrogen-bond acceptors (Lipinski definition) is 4. The molecule has 0 aromatic heterocycles. The minimum atomic E-state index is -0.398. The molecular formula is C12H14BrNO4. The van der Waals surface area contributed by atoms with Crippen LogP contribution in [-0.2, 0) is 10.1 Å². The van der Waals surface area contributed by atoms with Gasteiger partial charge in [0.1, 0.15) is 11.9 Å². The molecule has 0 spiro atoms. The topological polar surface area (TPSA) is 61.6 Å². The summed E-state index contributed by atoms with van der Waals surface area (Å²) >= 11 is 3.33. The predicted octanol–water partition coefficient (Wildman–Crippen LogP) is 3.05. The zero-order valence-electron chi connectivity index (χ0n) is 9.80. The Balaban J connectivity index is 2.13. The Morgan fingerprint density at radius 2 is 2.17 bits per heavy atom. The summed E-state index contributed by atoms with van der Waals surface area (Å²) in [6, 6.07) is 4.69. The van der Waals surface area contributed by atoms with Gasteiger partial charge in [-0.1, -0.05) is 15.9 Å². The Labute approximate surface area is 113 Å². The Morgan fingerprint density at radius 3 is 2.78 bits per heavy atom. The standard InChI is InChI=1S/C12H14BrNO4/c13-8-9-7-10(14(15)16)1-2-12(9)18-11-3-5-17-6-4-11/h1-2,7,11H,3-6,8H2. The SMILES string of the molecule is O=[N+]([O-])c1ccc(OC2CCOCC2)c(CBr)c1. The molecule has 1 aromatic carbocycles. The lowest BCUT2D eigenvalue weighted by Crippen LogP contribution is -2.26. The van der Waals surface area contributed by atoms with Crippen LogP contribution in [-0.4, -0.2) is 24.2 Å². The van der Waals surface area contributed by atoms with Crippen molar-refractivity contribution in [2.75, 3.05) is 13.2 Å². The first kappa shape index (κ1) is 13.3. The monoisotopic (exact) mass is 315 g/mol. The van der Waals surface area contributed by atoms with E-state index in [1.54, 1.807) is 12.1 Å².